The predicted molar refractivity (Wildman–Crippen MR) is 84.6 cm³/mol. The van der Waals surface area contributed by atoms with Crippen LogP contribution in [0.15, 0.2) is 29.6 Å². The zero-order chi connectivity index (χ0) is 13.3. The van der Waals surface area contributed by atoms with Crippen LogP contribution >= 0.6 is 11.3 Å². The Balaban J connectivity index is 1.90. The van der Waals surface area contributed by atoms with Crippen LogP contribution in [-0.4, -0.2) is 6.54 Å². The summed E-state index contributed by atoms with van der Waals surface area (Å²) in [6.07, 6.45) is 6.50. The summed E-state index contributed by atoms with van der Waals surface area (Å²) in [4.78, 5) is 0. The number of hydrogen-bond donors (Lipinski definition) is 1. The molecule has 1 heterocycles. The predicted octanol–water partition coefficient (Wildman–Crippen LogP) is 4.60. The zero-order valence-corrected chi connectivity index (χ0v) is 12.5. The van der Waals surface area contributed by atoms with Crippen LogP contribution < -0.4 is 5.73 Å². The second-order valence-corrected chi connectivity index (χ2v) is 7.25. The first-order valence-corrected chi connectivity index (χ1v) is 8.26. The lowest BCUT2D eigenvalue weighted by Gasteiger charge is -2.39. The zero-order valence-electron chi connectivity index (χ0n) is 11.7. The maximum atomic E-state index is 6.16. The van der Waals surface area contributed by atoms with Gasteiger partial charge < -0.3 is 5.73 Å². The maximum Gasteiger partial charge on any atom is 0.0345 e. The molecule has 1 aromatic carbocycles. The molecule has 1 nitrogen and oxygen atoms in total. The van der Waals surface area contributed by atoms with Crippen molar-refractivity contribution in [2.45, 2.75) is 39.0 Å². The fraction of sp³-hybridized carbons (Fsp3) is 0.529. The summed E-state index contributed by atoms with van der Waals surface area (Å²) in [6, 6.07) is 8.76. The number of nitrogens with two attached hydrogens (primary N) is 1. The molecule has 1 saturated carbocycles. The van der Waals surface area contributed by atoms with Gasteiger partial charge in [-0.05, 0) is 59.5 Å². The molecule has 1 fully saturated rings. The van der Waals surface area contributed by atoms with Crippen molar-refractivity contribution in [2.24, 2.45) is 17.1 Å². The summed E-state index contributed by atoms with van der Waals surface area (Å²) in [5.41, 5.74) is 8.03. The van der Waals surface area contributed by atoms with Gasteiger partial charge in [-0.25, -0.2) is 0 Å². The molecule has 0 saturated heterocycles. The molecule has 1 aromatic heterocycles. The SMILES string of the molecule is CC1CCCC(CN)(Cc2csc3ccccc23)C1. The van der Waals surface area contributed by atoms with Crippen molar-refractivity contribution in [2.75, 3.05) is 6.54 Å². The van der Waals surface area contributed by atoms with Crippen molar-refractivity contribution >= 4 is 21.4 Å². The molecule has 0 radical (unpaired) electrons. The summed E-state index contributed by atoms with van der Waals surface area (Å²) in [5.74, 6) is 0.835. The first-order chi connectivity index (χ1) is 9.22. The van der Waals surface area contributed by atoms with E-state index in [1.807, 2.05) is 11.3 Å². The van der Waals surface area contributed by atoms with Gasteiger partial charge in [0.15, 0.2) is 0 Å². The van der Waals surface area contributed by atoms with Gasteiger partial charge in [-0.2, -0.15) is 0 Å². The molecule has 102 valence electrons. The molecule has 2 heteroatoms. The van der Waals surface area contributed by atoms with E-state index in [1.54, 1.807) is 0 Å². The minimum absolute atomic E-state index is 0.349. The van der Waals surface area contributed by atoms with Crippen LogP contribution in [0, 0.1) is 11.3 Å². The fourth-order valence-electron chi connectivity index (χ4n) is 3.76. The summed E-state index contributed by atoms with van der Waals surface area (Å²) >= 11 is 1.87. The molecule has 0 bridgehead atoms. The van der Waals surface area contributed by atoms with Crippen molar-refractivity contribution in [1.29, 1.82) is 0 Å². The van der Waals surface area contributed by atoms with Gasteiger partial charge in [0.1, 0.15) is 0 Å². The third kappa shape index (κ3) is 2.56. The highest BCUT2D eigenvalue weighted by atomic mass is 32.1. The molecule has 2 atom stereocenters. The highest BCUT2D eigenvalue weighted by molar-refractivity contribution is 7.17. The minimum Gasteiger partial charge on any atom is -0.330 e. The molecule has 0 spiro atoms. The molecule has 0 aliphatic heterocycles. The van der Waals surface area contributed by atoms with E-state index in [2.05, 4.69) is 36.6 Å². The van der Waals surface area contributed by atoms with Crippen molar-refractivity contribution in [3.8, 4) is 0 Å². The molecule has 2 unspecified atom stereocenters. The summed E-state index contributed by atoms with van der Waals surface area (Å²) in [5, 5.41) is 3.79. The van der Waals surface area contributed by atoms with Gasteiger partial charge in [-0.15, -0.1) is 11.3 Å². The lowest BCUT2D eigenvalue weighted by atomic mass is 9.67. The lowest BCUT2D eigenvalue weighted by molar-refractivity contribution is 0.154. The standard InChI is InChI=1S/C17H23NS/c1-13-5-4-8-17(9-13,12-18)10-14-11-19-16-7-3-2-6-15(14)16/h2-3,6-7,11,13H,4-5,8-10,12,18H2,1H3. The Morgan fingerprint density at radius 2 is 2.21 bits per heavy atom. The summed E-state index contributed by atoms with van der Waals surface area (Å²) in [7, 11) is 0. The monoisotopic (exact) mass is 273 g/mol. The molecular weight excluding hydrogens is 250 g/mol. The van der Waals surface area contributed by atoms with Crippen molar-refractivity contribution in [1.82, 2.24) is 0 Å². The third-order valence-electron chi connectivity index (χ3n) is 4.75. The van der Waals surface area contributed by atoms with Gasteiger partial charge in [0.25, 0.3) is 0 Å². The normalized spacial score (nSPS) is 27.8. The molecule has 3 rings (SSSR count). The maximum absolute atomic E-state index is 6.16. The smallest absolute Gasteiger partial charge is 0.0345 e. The fourth-order valence-corrected chi connectivity index (χ4v) is 4.72. The Kier molecular flexibility index (Phi) is 3.64. The van der Waals surface area contributed by atoms with Crippen molar-refractivity contribution in [3.05, 3.63) is 35.2 Å². The van der Waals surface area contributed by atoms with E-state index in [0.717, 1.165) is 18.9 Å². The van der Waals surface area contributed by atoms with E-state index in [4.69, 9.17) is 5.73 Å². The molecular formula is C17H23NS. The Bertz CT molecular complexity index is 559. The first-order valence-electron chi connectivity index (χ1n) is 7.38. The van der Waals surface area contributed by atoms with Crippen LogP contribution in [0.25, 0.3) is 10.1 Å². The van der Waals surface area contributed by atoms with E-state index >= 15 is 0 Å². The Morgan fingerprint density at radius 3 is 3.00 bits per heavy atom. The first kappa shape index (κ1) is 13.1. The second-order valence-electron chi connectivity index (χ2n) is 6.34. The molecule has 2 N–H and O–H groups in total. The minimum atomic E-state index is 0.349. The molecule has 1 aliphatic rings. The van der Waals surface area contributed by atoms with Crippen molar-refractivity contribution in [3.63, 3.8) is 0 Å². The second kappa shape index (κ2) is 5.26. The third-order valence-corrected chi connectivity index (χ3v) is 5.76. The van der Waals surface area contributed by atoms with Gasteiger partial charge in [-0.1, -0.05) is 38.0 Å². The van der Waals surface area contributed by atoms with E-state index in [9.17, 15) is 0 Å². The van der Waals surface area contributed by atoms with Gasteiger partial charge in [0, 0.05) is 4.70 Å². The van der Waals surface area contributed by atoms with Crippen LogP contribution in [-0.2, 0) is 6.42 Å². The molecule has 1 aliphatic carbocycles. The molecule has 19 heavy (non-hydrogen) atoms. The summed E-state index contributed by atoms with van der Waals surface area (Å²) < 4.78 is 1.41. The van der Waals surface area contributed by atoms with E-state index < -0.39 is 0 Å². The van der Waals surface area contributed by atoms with E-state index in [-0.39, 0.29) is 0 Å². The van der Waals surface area contributed by atoms with Crippen LogP contribution in [0.4, 0.5) is 0 Å². The Hall–Kier alpha value is -0.860. The van der Waals surface area contributed by atoms with Gasteiger partial charge in [-0.3, -0.25) is 0 Å². The number of hydrogen-bond acceptors (Lipinski definition) is 2. The molecule has 0 amide bonds. The number of rotatable bonds is 3. The molecule has 2 aromatic rings. The van der Waals surface area contributed by atoms with Crippen LogP contribution in [0.2, 0.25) is 0 Å². The van der Waals surface area contributed by atoms with E-state index in [0.29, 0.717) is 5.41 Å². The lowest BCUT2D eigenvalue weighted by Crippen LogP contribution is -2.37. The topological polar surface area (TPSA) is 26.0 Å². The largest absolute Gasteiger partial charge is 0.330 e. The number of fused-ring (bicyclic) bond motifs is 1. The Labute approximate surface area is 119 Å². The number of thiophene rings is 1. The summed E-state index contributed by atoms with van der Waals surface area (Å²) in [6.45, 7) is 3.22. The van der Waals surface area contributed by atoms with Crippen molar-refractivity contribution < 1.29 is 0 Å². The van der Waals surface area contributed by atoms with Crippen LogP contribution in [0.1, 0.15) is 38.2 Å². The highest BCUT2D eigenvalue weighted by Crippen LogP contribution is 2.42. The van der Waals surface area contributed by atoms with Crippen LogP contribution in [0.5, 0.6) is 0 Å². The highest BCUT2D eigenvalue weighted by Gasteiger charge is 2.34. The quantitative estimate of drug-likeness (QED) is 0.869. The van der Waals surface area contributed by atoms with Gasteiger partial charge >= 0.3 is 0 Å². The number of benzene rings is 1. The van der Waals surface area contributed by atoms with Gasteiger partial charge in [0.2, 0.25) is 0 Å². The van der Waals surface area contributed by atoms with Crippen LogP contribution in [0.3, 0.4) is 0 Å². The Morgan fingerprint density at radius 1 is 1.37 bits per heavy atom. The average molecular weight is 273 g/mol. The van der Waals surface area contributed by atoms with Gasteiger partial charge in [0.05, 0.1) is 0 Å². The average Bonchev–Trinajstić information content (AvgIpc) is 2.82. The van der Waals surface area contributed by atoms with E-state index in [1.165, 1.54) is 41.3 Å².